The fourth-order valence-corrected chi connectivity index (χ4v) is 4.88. The number of aromatic nitrogens is 1. The minimum Gasteiger partial charge on any atom is -0.493 e. The van der Waals surface area contributed by atoms with Crippen LogP contribution in [0.1, 0.15) is 25.3 Å². The Labute approximate surface area is 194 Å². The van der Waals surface area contributed by atoms with Crippen molar-refractivity contribution >= 4 is 28.3 Å². The van der Waals surface area contributed by atoms with Gasteiger partial charge in [-0.3, -0.25) is 9.59 Å². The van der Waals surface area contributed by atoms with Crippen LogP contribution >= 0.6 is 0 Å². The molecular weight excluding hydrogens is 418 g/mol. The predicted molar refractivity (Wildman–Crippen MR) is 129 cm³/mol. The van der Waals surface area contributed by atoms with Gasteiger partial charge in [-0.25, -0.2) is 4.98 Å². The van der Waals surface area contributed by atoms with Gasteiger partial charge in [0.25, 0.3) is 5.91 Å². The lowest BCUT2D eigenvalue weighted by molar-refractivity contribution is -0.117. The van der Waals surface area contributed by atoms with Crippen LogP contribution in [0.15, 0.2) is 47.8 Å². The highest BCUT2D eigenvalue weighted by molar-refractivity contribution is 6.00. The summed E-state index contributed by atoms with van der Waals surface area (Å²) in [4.78, 5) is 35.5. The van der Waals surface area contributed by atoms with Gasteiger partial charge in [0.15, 0.2) is 5.78 Å². The van der Waals surface area contributed by atoms with E-state index in [1.165, 1.54) is 6.92 Å². The normalized spacial score (nSPS) is 20.9. The first-order valence-corrected chi connectivity index (χ1v) is 11.2. The molecule has 0 radical (unpaired) electrons. The number of nitrogens with two attached hydrogens (primary N) is 1. The Hall–Kier alpha value is -3.39. The van der Waals surface area contributed by atoms with Crippen molar-refractivity contribution in [2.75, 3.05) is 32.1 Å². The van der Waals surface area contributed by atoms with E-state index < -0.39 is 11.9 Å². The number of likely N-dealkylation sites (tertiary alicyclic amines) is 1. The summed E-state index contributed by atoms with van der Waals surface area (Å²) >= 11 is 0. The van der Waals surface area contributed by atoms with Gasteiger partial charge < -0.3 is 25.5 Å². The molecule has 8 nitrogen and oxygen atoms in total. The maximum absolute atomic E-state index is 12.6. The fourth-order valence-electron chi connectivity index (χ4n) is 4.88. The molecule has 1 saturated heterocycles. The molecule has 0 aliphatic carbocycles. The quantitative estimate of drug-likeness (QED) is 0.698. The van der Waals surface area contributed by atoms with Gasteiger partial charge in [-0.2, -0.15) is 0 Å². The van der Waals surface area contributed by atoms with Crippen molar-refractivity contribution in [3.63, 3.8) is 0 Å². The molecule has 0 bridgehead atoms. The number of primary amides is 1. The van der Waals surface area contributed by atoms with Crippen molar-refractivity contribution in [2.24, 2.45) is 5.73 Å². The molecule has 2 aliphatic heterocycles. The Morgan fingerprint density at radius 1 is 1.27 bits per heavy atom. The zero-order chi connectivity index (χ0) is 23.9. The van der Waals surface area contributed by atoms with Gasteiger partial charge >= 0.3 is 0 Å². The lowest BCUT2D eigenvalue weighted by atomic mass is 9.98. The molecule has 2 atom stereocenters. The number of ketones is 1. The third-order valence-electron chi connectivity index (χ3n) is 6.39. The summed E-state index contributed by atoms with van der Waals surface area (Å²) in [6, 6.07) is 6.91. The third kappa shape index (κ3) is 4.43. The first-order valence-electron chi connectivity index (χ1n) is 11.2. The lowest BCUT2D eigenvalue weighted by Crippen LogP contribution is -2.44. The van der Waals surface area contributed by atoms with Gasteiger partial charge in [-0.1, -0.05) is 0 Å². The first-order chi connectivity index (χ1) is 15.7. The van der Waals surface area contributed by atoms with Gasteiger partial charge in [-0.05, 0) is 70.6 Å². The highest BCUT2D eigenvalue weighted by Gasteiger charge is 2.35. The van der Waals surface area contributed by atoms with E-state index in [4.69, 9.17) is 5.73 Å². The van der Waals surface area contributed by atoms with E-state index >= 15 is 0 Å². The topological polar surface area (TPSA) is 103 Å². The van der Waals surface area contributed by atoms with E-state index in [2.05, 4.69) is 14.8 Å². The van der Waals surface area contributed by atoms with Crippen molar-refractivity contribution < 1.29 is 14.7 Å². The average molecular weight is 450 g/mol. The summed E-state index contributed by atoms with van der Waals surface area (Å²) in [7, 11) is 4.08. The van der Waals surface area contributed by atoms with E-state index in [0.29, 0.717) is 11.1 Å². The van der Waals surface area contributed by atoms with E-state index in [0.717, 1.165) is 48.3 Å². The van der Waals surface area contributed by atoms with Crippen LogP contribution in [0, 0.1) is 6.92 Å². The molecular formula is C25H31N5O3. The molecule has 1 amide bonds. The number of benzene rings is 1. The summed E-state index contributed by atoms with van der Waals surface area (Å²) in [6.45, 7) is 5.12. The summed E-state index contributed by atoms with van der Waals surface area (Å²) in [5.41, 5.74) is 9.29. The number of nitrogens with zero attached hydrogens (tertiary/aromatic N) is 4. The molecule has 3 N–H and O–H groups in total. The molecule has 1 aromatic heterocycles. The highest BCUT2D eigenvalue weighted by atomic mass is 16.3. The molecule has 3 heterocycles. The Morgan fingerprint density at radius 2 is 2.03 bits per heavy atom. The summed E-state index contributed by atoms with van der Waals surface area (Å²) < 4.78 is 0. The number of aryl methyl sites for hydroxylation is 1. The highest BCUT2D eigenvalue weighted by Crippen LogP contribution is 2.35. The Balaban J connectivity index is 1.83. The van der Waals surface area contributed by atoms with Crippen LogP contribution in [0.4, 0.5) is 5.69 Å². The Kier molecular flexibility index (Phi) is 6.12. The smallest absolute Gasteiger partial charge is 0.250 e. The van der Waals surface area contributed by atoms with Gasteiger partial charge in [0.1, 0.15) is 6.04 Å². The van der Waals surface area contributed by atoms with Crippen LogP contribution in [-0.2, 0) is 9.59 Å². The number of hydrogen-bond donors (Lipinski definition) is 2. The van der Waals surface area contributed by atoms with Crippen LogP contribution in [0.2, 0.25) is 0 Å². The number of hydrogen-bond acceptors (Lipinski definition) is 7. The molecule has 1 fully saturated rings. The summed E-state index contributed by atoms with van der Waals surface area (Å²) in [6.07, 6.45) is 5.64. The minimum absolute atomic E-state index is 0.0236. The van der Waals surface area contributed by atoms with Gasteiger partial charge in [0, 0.05) is 42.5 Å². The predicted octanol–water partition coefficient (Wildman–Crippen LogP) is 2.31. The number of amides is 1. The number of pyridine rings is 1. The van der Waals surface area contributed by atoms with Crippen LogP contribution in [0.25, 0.3) is 10.9 Å². The molecule has 1 aromatic carbocycles. The molecule has 2 unspecified atom stereocenters. The SMILES string of the molecule is CC(=O)C1C=C(C(N)=O)C(N2CCCC2CN(C)C)=CN1c1ccc2nc(O)cc(C)c2c1. The number of carbonyl (C=O) groups excluding carboxylic acids is 2. The van der Waals surface area contributed by atoms with E-state index in [-0.39, 0.29) is 17.7 Å². The fraction of sp³-hybridized carbons (Fsp3) is 0.400. The van der Waals surface area contributed by atoms with E-state index in [1.807, 2.05) is 50.3 Å². The van der Waals surface area contributed by atoms with Gasteiger partial charge in [0.05, 0.1) is 16.8 Å². The molecule has 8 heteroatoms. The Morgan fingerprint density at radius 3 is 2.70 bits per heavy atom. The second kappa shape index (κ2) is 8.86. The van der Waals surface area contributed by atoms with Crippen LogP contribution < -0.4 is 10.6 Å². The number of anilines is 1. The standard InChI is InChI=1S/C25H31N5O3/c1-15-10-24(32)27-21-8-7-17(11-19(15)21)30-14-23(20(25(26)33)12-22(30)16(2)31)29-9-5-6-18(29)13-28(3)4/h7-8,10-12,14,18,22H,5-6,9,13H2,1-4H3,(H2,26,33)(H,27,32). The van der Waals surface area contributed by atoms with Crippen LogP contribution in [0.3, 0.4) is 0 Å². The zero-order valence-corrected chi connectivity index (χ0v) is 19.6. The zero-order valence-electron chi connectivity index (χ0n) is 19.6. The first kappa shape index (κ1) is 22.8. The maximum Gasteiger partial charge on any atom is 0.250 e. The monoisotopic (exact) mass is 449 g/mol. The number of aromatic hydroxyl groups is 1. The number of rotatable bonds is 6. The van der Waals surface area contributed by atoms with Crippen molar-refractivity contribution in [3.05, 3.63) is 53.4 Å². The average Bonchev–Trinajstić information content (AvgIpc) is 3.19. The van der Waals surface area contributed by atoms with E-state index in [1.54, 1.807) is 12.1 Å². The van der Waals surface area contributed by atoms with Crippen molar-refractivity contribution in [2.45, 2.75) is 38.8 Å². The molecule has 2 aliphatic rings. The molecule has 0 saturated carbocycles. The number of likely N-dealkylation sites (N-methyl/N-ethyl adjacent to an activating group) is 1. The minimum atomic E-state index is -0.644. The molecule has 0 spiro atoms. The lowest BCUT2D eigenvalue weighted by Gasteiger charge is -2.38. The van der Waals surface area contributed by atoms with E-state index in [9.17, 15) is 14.7 Å². The second-order valence-corrected chi connectivity index (χ2v) is 9.17. The van der Waals surface area contributed by atoms with Crippen LogP contribution in [0.5, 0.6) is 5.88 Å². The molecule has 2 aromatic rings. The van der Waals surface area contributed by atoms with Crippen molar-refractivity contribution in [1.82, 2.24) is 14.8 Å². The largest absolute Gasteiger partial charge is 0.493 e. The Bertz CT molecular complexity index is 1170. The van der Waals surface area contributed by atoms with Gasteiger partial charge in [0.2, 0.25) is 5.88 Å². The van der Waals surface area contributed by atoms with Gasteiger partial charge in [-0.15, -0.1) is 0 Å². The molecule has 33 heavy (non-hydrogen) atoms. The van der Waals surface area contributed by atoms with Crippen molar-refractivity contribution in [1.29, 1.82) is 0 Å². The second-order valence-electron chi connectivity index (χ2n) is 9.17. The number of fused-ring (bicyclic) bond motifs is 1. The number of carbonyl (C=O) groups is 2. The molecule has 174 valence electrons. The van der Waals surface area contributed by atoms with Crippen molar-refractivity contribution in [3.8, 4) is 5.88 Å². The number of Topliss-reactive ketones (excluding diaryl/α,β-unsaturated/α-hetero) is 1. The van der Waals surface area contributed by atoms with Crippen LogP contribution in [-0.4, -0.2) is 70.8 Å². The molecule has 4 rings (SSSR count). The third-order valence-corrected chi connectivity index (χ3v) is 6.39. The maximum atomic E-state index is 12.6. The summed E-state index contributed by atoms with van der Waals surface area (Å²) in [5, 5.41) is 10.7. The summed E-state index contributed by atoms with van der Waals surface area (Å²) in [5.74, 6) is -0.642.